The van der Waals surface area contributed by atoms with Gasteiger partial charge >= 0.3 is 0 Å². The van der Waals surface area contributed by atoms with Gasteiger partial charge in [-0.3, -0.25) is 4.68 Å². The molecule has 37 heavy (non-hydrogen) atoms. The van der Waals surface area contributed by atoms with Gasteiger partial charge in [0.15, 0.2) is 0 Å². The van der Waals surface area contributed by atoms with E-state index in [1.807, 2.05) is 84.5 Å². The van der Waals surface area contributed by atoms with Crippen molar-refractivity contribution in [3.63, 3.8) is 0 Å². The molecule has 1 atom stereocenters. The third-order valence-electron chi connectivity index (χ3n) is 6.95. The number of hydrogen-bond acceptors (Lipinski definition) is 5. The molecule has 3 heterocycles. The average Bonchev–Trinajstić information content (AvgIpc) is 3.60. The number of aryl methyl sites for hydroxylation is 1. The van der Waals surface area contributed by atoms with Crippen LogP contribution in [-0.2, 0) is 20.3 Å². The number of ether oxygens (including phenoxy) is 2. The molecule has 0 amide bonds. The van der Waals surface area contributed by atoms with Crippen molar-refractivity contribution in [2.24, 2.45) is 7.05 Å². The van der Waals surface area contributed by atoms with Crippen molar-refractivity contribution in [3.8, 4) is 23.0 Å². The van der Waals surface area contributed by atoms with Crippen LogP contribution < -0.4 is 14.8 Å². The first kappa shape index (κ1) is 23.3. The van der Waals surface area contributed by atoms with Gasteiger partial charge in [0.2, 0.25) is 11.8 Å². The van der Waals surface area contributed by atoms with E-state index >= 15 is 0 Å². The molecular weight excluding hydrogens is 460 g/mol. The van der Waals surface area contributed by atoms with E-state index in [-0.39, 0.29) is 0 Å². The highest BCUT2D eigenvalue weighted by molar-refractivity contribution is 5.95. The molecule has 0 bridgehead atoms. The SMILES string of the molecule is Cn1nc(-c2ccc(OCc3ccccc3)nc2OCc2ccccc2)c2ccc([C@H]3CCNC3)cc21. The minimum absolute atomic E-state index is 0.409. The zero-order chi connectivity index (χ0) is 25.0. The lowest BCUT2D eigenvalue weighted by molar-refractivity contribution is 0.268. The van der Waals surface area contributed by atoms with Gasteiger partial charge in [-0.05, 0) is 47.7 Å². The lowest BCUT2D eigenvalue weighted by atomic mass is 9.96. The van der Waals surface area contributed by atoms with E-state index in [1.165, 1.54) is 12.0 Å². The van der Waals surface area contributed by atoms with E-state index in [9.17, 15) is 0 Å². The van der Waals surface area contributed by atoms with Crippen molar-refractivity contribution in [2.45, 2.75) is 25.6 Å². The quantitative estimate of drug-likeness (QED) is 0.295. The zero-order valence-electron chi connectivity index (χ0n) is 20.9. The lowest BCUT2D eigenvalue weighted by Gasteiger charge is -2.13. The third kappa shape index (κ3) is 5.06. The molecule has 0 unspecified atom stereocenters. The summed E-state index contributed by atoms with van der Waals surface area (Å²) in [5.74, 6) is 1.58. The second-order valence-corrected chi connectivity index (χ2v) is 9.49. The summed E-state index contributed by atoms with van der Waals surface area (Å²) < 4.78 is 14.3. The van der Waals surface area contributed by atoms with Crippen LogP contribution in [0.5, 0.6) is 11.8 Å². The number of fused-ring (bicyclic) bond motifs is 1. The van der Waals surface area contributed by atoms with Crippen LogP contribution in [0.1, 0.15) is 29.0 Å². The van der Waals surface area contributed by atoms with Gasteiger partial charge in [-0.1, -0.05) is 72.8 Å². The van der Waals surface area contributed by atoms with Crippen LogP contribution in [0.4, 0.5) is 0 Å². The Labute approximate surface area is 216 Å². The zero-order valence-corrected chi connectivity index (χ0v) is 20.9. The molecule has 1 aliphatic heterocycles. The third-order valence-corrected chi connectivity index (χ3v) is 6.95. The molecule has 0 aliphatic carbocycles. The maximum atomic E-state index is 6.28. The summed E-state index contributed by atoms with van der Waals surface area (Å²) in [5, 5.41) is 9.46. The number of aromatic nitrogens is 3. The number of hydrogen-bond donors (Lipinski definition) is 1. The smallest absolute Gasteiger partial charge is 0.226 e. The number of nitrogens with zero attached hydrogens (tertiary/aromatic N) is 3. The van der Waals surface area contributed by atoms with Crippen LogP contribution in [0.2, 0.25) is 0 Å². The Morgan fingerprint density at radius 3 is 2.30 bits per heavy atom. The van der Waals surface area contributed by atoms with Gasteiger partial charge in [0.25, 0.3) is 0 Å². The first-order valence-electron chi connectivity index (χ1n) is 12.8. The van der Waals surface area contributed by atoms with E-state index in [2.05, 4.69) is 23.5 Å². The van der Waals surface area contributed by atoms with E-state index in [0.717, 1.165) is 46.4 Å². The highest BCUT2D eigenvalue weighted by atomic mass is 16.5. The second-order valence-electron chi connectivity index (χ2n) is 9.49. The number of nitrogens with one attached hydrogen (secondary N) is 1. The minimum Gasteiger partial charge on any atom is -0.473 e. The molecule has 1 fully saturated rings. The van der Waals surface area contributed by atoms with Crippen molar-refractivity contribution >= 4 is 10.9 Å². The average molecular weight is 491 g/mol. The van der Waals surface area contributed by atoms with E-state index in [1.54, 1.807) is 0 Å². The molecule has 0 saturated carbocycles. The second kappa shape index (κ2) is 10.4. The summed E-state index contributed by atoms with van der Waals surface area (Å²) in [4.78, 5) is 4.77. The molecule has 5 aromatic rings. The van der Waals surface area contributed by atoms with Crippen molar-refractivity contribution < 1.29 is 9.47 Å². The fourth-order valence-corrected chi connectivity index (χ4v) is 4.92. The molecule has 0 spiro atoms. The first-order valence-corrected chi connectivity index (χ1v) is 12.8. The number of benzene rings is 3. The van der Waals surface area contributed by atoms with Crippen molar-refractivity contribution in [2.75, 3.05) is 13.1 Å². The van der Waals surface area contributed by atoms with Gasteiger partial charge in [-0.2, -0.15) is 10.1 Å². The number of rotatable bonds is 8. The highest BCUT2D eigenvalue weighted by Gasteiger charge is 2.21. The molecule has 186 valence electrons. The van der Waals surface area contributed by atoms with Gasteiger partial charge in [0, 0.05) is 25.0 Å². The summed E-state index contributed by atoms with van der Waals surface area (Å²) in [7, 11) is 2.00. The predicted octanol–water partition coefficient (Wildman–Crippen LogP) is 5.87. The molecule has 1 aliphatic rings. The molecule has 3 aromatic carbocycles. The van der Waals surface area contributed by atoms with Crippen LogP contribution in [0.3, 0.4) is 0 Å². The summed E-state index contributed by atoms with van der Waals surface area (Å²) in [6.07, 6.45) is 1.17. The Morgan fingerprint density at radius 2 is 1.59 bits per heavy atom. The van der Waals surface area contributed by atoms with Crippen LogP contribution in [0, 0.1) is 0 Å². The monoisotopic (exact) mass is 490 g/mol. The van der Waals surface area contributed by atoms with Gasteiger partial charge < -0.3 is 14.8 Å². The predicted molar refractivity (Wildman–Crippen MR) is 146 cm³/mol. The Morgan fingerprint density at radius 1 is 0.865 bits per heavy atom. The van der Waals surface area contributed by atoms with Gasteiger partial charge in [0.05, 0.1) is 11.1 Å². The molecule has 1 saturated heterocycles. The molecule has 6 heteroatoms. The van der Waals surface area contributed by atoms with Crippen LogP contribution in [0.15, 0.2) is 91.0 Å². The highest BCUT2D eigenvalue weighted by Crippen LogP contribution is 2.36. The summed E-state index contributed by atoms with van der Waals surface area (Å²) in [6.45, 7) is 2.96. The maximum absolute atomic E-state index is 6.28. The molecule has 6 nitrogen and oxygen atoms in total. The Bertz CT molecular complexity index is 1490. The molecule has 6 rings (SSSR count). The standard InChI is InChI=1S/C31H30N4O2/c1-35-28-18-24(25-16-17-32-19-25)12-13-26(28)30(34-35)27-14-15-29(36-20-22-8-4-2-5-9-22)33-31(27)37-21-23-10-6-3-7-11-23/h2-15,18,25,32H,16-17,19-21H2,1H3/t25-/m0/s1. The molecule has 1 N–H and O–H groups in total. The number of pyridine rings is 1. The fourth-order valence-electron chi connectivity index (χ4n) is 4.92. The van der Waals surface area contributed by atoms with E-state index < -0.39 is 0 Å². The Hall–Kier alpha value is -4.16. The van der Waals surface area contributed by atoms with Crippen molar-refractivity contribution in [1.29, 1.82) is 0 Å². The summed E-state index contributed by atoms with van der Waals surface area (Å²) in [5.41, 5.74) is 6.34. The fraction of sp³-hybridized carbons (Fsp3) is 0.226. The maximum Gasteiger partial charge on any atom is 0.226 e. The summed E-state index contributed by atoms with van der Waals surface area (Å²) >= 11 is 0. The Kier molecular flexibility index (Phi) is 6.57. The van der Waals surface area contributed by atoms with Crippen LogP contribution in [0.25, 0.3) is 22.2 Å². The molecule has 2 aromatic heterocycles. The van der Waals surface area contributed by atoms with E-state index in [0.29, 0.717) is 30.9 Å². The Balaban J connectivity index is 1.34. The van der Waals surface area contributed by atoms with Crippen LogP contribution in [-0.4, -0.2) is 27.9 Å². The summed E-state index contributed by atoms with van der Waals surface area (Å²) in [6, 6.07) is 30.8. The first-order chi connectivity index (χ1) is 18.2. The van der Waals surface area contributed by atoms with Gasteiger partial charge in [-0.15, -0.1) is 0 Å². The van der Waals surface area contributed by atoms with Gasteiger partial charge in [-0.25, -0.2) is 0 Å². The van der Waals surface area contributed by atoms with Crippen molar-refractivity contribution in [1.82, 2.24) is 20.1 Å². The van der Waals surface area contributed by atoms with Crippen LogP contribution >= 0.6 is 0 Å². The lowest BCUT2D eigenvalue weighted by Crippen LogP contribution is -2.07. The molecule has 0 radical (unpaired) electrons. The largest absolute Gasteiger partial charge is 0.473 e. The minimum atomic E-state index is 0.409. The van der Waals surface area contributed by atoms with E-state index in [4.69, 9.17) is 19.6 Å². The van der Waals surface area contributed by atoms with Crippen molar-refractivity contribution in [3.05, 3.63) is 108 Å². The normalized spacial score (nSPS) is 15.2. The van der Waals surface area contributed by atoms with Gasteiger partial charge in [0.1, 0.15) is 18.9 Å². The topological polar surface area (TPSA) is 61.2 Å². The molecular formula is C31H30N4O2.